The van der Waals surface area contributed by atoms with E-state index >= 15 is 0 Å². The van der Waals surface area contributed by atoms with Crippen LogP contribution in [0.5, 0.6) is 0 Å². The van der Waals surface area contributed by atoms with Crippen molar-refractivity contribution in [3.8, 4) is 0 Å². The summed E-state index contributed by atoms with van der Waals surface area (Å²) < 4.78 is 0. The topological polar surface area (TPSA) is 82.0 Å². The number of halogens is 1. The fraction of sp³-hybridized carbons (Fsp3) is 0.250. The highest BCUT2D eigenvalue weighted by atomic mass is 35.5. The maximum Gasteiger partial charge on any atom is 0.303 e. The number of aliphatic carboxylic acids is 1. The molecule has 180 valence electrons. The highest BCUT2D eigenvalue weighted by molar-refractivity contribution is 6.31. The first kappa shape index (κ1) is 24.6. The van der Waals surface area contributed by atoms with Crippen LogP contribution < -0.4 is 5.32 Å². The number of hydrogen-bond acceptors (Lipinski definition) is 4. The van der Waals surface area contributed by atoms with Gasteiger partial charge in [0, 0.05) is 23.7 Å². The minimum atomic E-state index is -0.847. The molecule has 1 aliphatic rings. The van der Waals surface area contributed by atoms with E-state index in [1.165, 1.54) is 0 Å². The highest BCUT2D eigenvalue weighted by Gasteiger charge is 2.35. The first-order valence-electron chi connectivity index (χ1n) is 11.5. The van der Waals surface area contributed by atoms with Gasteiger partial charge in [-0.15, -0.1) is 0 Å². The zero-order chi connectivity index (χ0) is 24.9. The van der Waals surface area contributed by atoms with Crippen molar-refractivity contribution in [3.63, 3.8) is 0 Å². The van der Waals surface area contributed by atoms with Crippen molar-refractivity contribution in [1.82, 2.24) is 4.90 Å². The summed E-state index contributed by atoms with van der Waals surface area (Å²) in [6, 6.07) is 21.0. The number of hydrogen-bond donors (Lipinski definition) is 2. The third kappa shape index (κ3) is 6.15. The van der Waals surface area contributed by atoms with Crippen molar-refractivity contribution in [2.24, 2.45) is 4.99 Å². The maximum absolute atomic E-state index is 13.2. The zero-order valence-electron chi connectivity index (χ0n) is 19.8. The molecule has 2 N–H and O–H groups in total. The Bertz CT molecular complexity index is 1290. The summed E-state index contributed by atoms with van der Waals surface area (Å²) >= 11 is 6.16. The van der Waals surface area contributed by atoms with Crippen molar-refractivity contribution >= 4 is 40.6 Å². The lowest BCUT2D eigenvalue weighted by molar-refractivity contribution is -0.137. The minimum Gasteiger partial charge on any atom is -0.481 e. The summed E-state index contributed by atoms with van der Waals surface area (Å²) in [6.07, 6.45) is 1.33. The van der Waals surface area contributed by atoms with E-state index in [0.717, 1.165) is 40.9 Å². The number of anilines is 1. The third-order valence-electron chi connectivity index (χ3n) is 5.98. The van der Waals surface area contributed by atoms with Crippen molar-refractivity contribution in [2.75, 3.05) is 26.0 Å². The second-order valence-corrected chi connectivity index (χ2v) is 9.40. The van der Waals surface area contributed by atoms with Crippen LogP contribution in [0.25, 0.3) is 0 Å². The Morgan fingerprint density at radius 1 is 1.03 bits per heavy atom. The molecule has 1 unspecified atom stereocenters. The normalized spacial score (nSPS) is 15.3. The number of nitrogens with zero attached hydrogens (tertiary/aromatic N) is 2. The number of carboxylic acids is 1. The van der Waals surface area contributed by atoms with Gasteiger partial charge >= 0.3 is 5.97 Å². The summed E-state index contributed by atoms with van der Waals surface area (Å²) in [5.74, 6) is -1.62. The zero-order valence-corrected chi connectivity index (χ0v) is 20.5. The molecule has 3 aromatic rings. The number of benzene rings is 3. The number of aryl methyl sites for hydroxylation is 1. The van der Waals surface area contributed by atoms with Gasteiger partial charge in [-0.1, -0.05) is 48.0 Å². The molecule has 0 bridgehead atoms. The van der Waals surface area contributed by atoms with Crippen molar-refractivity contribution < 1.29 is 14.7 Å². The minimum absolute atomic E-state index is 0.0368. The number of fused-ring (bicyclic) bond motifs is 1. The molecule has 1 atom stereocenters. The molecule has 0 saturated carbocycles. The Morgan fingerprint density at radius 3 is 2.51 bits per heavy atom. The lowest BCUT2D eigenvalue weighted by Crippen LogP contribution is -2.22. The number of carbonyl (C=O) groups excluding carboxylic acids is 1. The smallest absolute Gasteiger partial charge is 0.303 e. The first-order chi connectivity index (χ1) is 16.8. The van der Waals surface area contributed by atoms with Crippen LogP contribution in [0.15, 0.2) is 71.7 Å². The van der Waals surface area contributed by atoms with Gasteiger partial charge in [0.15, 0.2) is 0 Å². The van der Waals surface area contributed by atoms with E-state index in [4.69, 9.17) is 21.7 Å². The molecule has 35 heavy (non-hydrogen) atoms. The second kappa shape index (κ2) is 10.8. The maximum atomic E-state index is 13.2. The van der Waals surface area contributed by atoms with Gasteiger partial charge in [0.1, 0.15) is 5.92 Å². The van der Waals surface area contributed by atoms with Gasteiger partial charge in [0.25, 0.3) is 0 Å². The number of amides is 1. The van der Waals surface area contributed by atoms with Crippen LogP contribution in [0.3, 0.4) is 0 Å². The molecule has 1 heterocycles. The molecule has 3 aromatic carbocycles. The van der Waals surface area contributed by atoms with E-state index in [9.17, 15) is 9.59 Å². The van der Waals surface area contributed by atoms with Crippen LogP contribution in [-0.2, 0) is 22.4 Å². The molecule has 0 aromatic heterocycles. The van der Waals surface area contributed by atoms with Crippen LogP contribution in [0.2, 0.25) is 5.02 Å². The van der Waals surface area contributed by atoms with Gasteiger partial charge in [-0.05, 0) is 79.5 Å². The van der Waals surface area contributed by atoms with Gasteiger partial charge in [-0.25, -0.2) is 0 Å². The number of nitrogens with one attached hydrogen (secondary N) is 1. The third-order valence-corrected chi connectivity index (χ3v) is 6.21. The van der Waals surface area contributed by atoms with E-state index in [2.05, 4.69) is 16.3 Å². The summed E-state index contributed by atoms with van der Waals surface area (Å²) in [4.78, 5) is 31.4. The number of carboxylic acid groups (broad SMARTS) is 1. The Balaban J connectivity index is 1.79. The van der Waals surface area contributed by atoms with Gasteiger partial charge in [0.2, 0.25) is 5.91 Å². The predicted octanol–water partition coefficient (Wildman–Crippen LogP) is 5.32. The first-order valence-corrected chi connectivity index (χ1v) is 11.9. The largest absolute Gasteiger partial charge is 0.481 e. The van der Waals surface area contributed by atoms with Crippen LogP contribution in [0.4, 0.5) is 11.4 Å². The quantitative estimate of drug-likeness (QED) is 0.399. The van der Waals surface area contributed by atoms with E-state index in [1.54, 1.807) is 12.1 Å². The SMILES string of the molecule is CN(C)CCc1cccc(N=C(c2cccc(CCC(=O)O)c2)C2C(=O)Nc3cc(Cl)ccc32)c1. The Labute approximate surface area is 210 Å². The summed E-state index contributed by atoms with van der Waals surface area (Å²) in [6.45, 7) is 0.921. The molecule has 4 rings (SSSR count). The molecule has 0 saturated heterocycles. The number of rotatable bonds is 9. The monoisotopic (exact) mass is 489 g/mol. The molecular formula is C28H28ClN3O3. The van der Waals surface area contributed by atoms with Crippen molar-refractivity contribution in [2.45, 2.75) is 25.2 Å². The molecule has 0 fully saturated rings. The van der Waals surface area contributed by atoms with Crippen LogP contribution in [0.1, 0.15) is 34.6 Å². The molecule has 1 aliphatic heterocycles. The van der Waals surface area contributed by atoms with E-state index in [0.29, 0.717) is 22.8 Å². The Kier molecular flexibility index (Phi) is 7.63. The number of likely N-dealkylation sites (N-methyl/N-ethyl adjacent to an activating group) is 1. The second-order valence-electron chi connectivity index (χ2n) is 8.97. The fourth-order valence-electron chi connectivity index (χ4n) is 4.21. The van der Waals surface area contributed by atoms with Gasteiger partial charge in [-0.2, -0.15) is 0 Å². The van der Waals surface area contributed by atoms with Gasteiger partial charge in [0.05, 0.1) is 11.4 Å². The molecule has 0 aliphatic carbocycles. The van der Waals surface area contributed by atoms with E-state index in [1.807, 2.05) is 62.6 Å². The van der Waals surface area contributed by atoms with Gasteiger partial charge in [-0.3, -0.25) is 14.6 Å². The standard InChI is InChI=1S/C28H28ClN3O3/c1-32(2)14-13-19-6-4-8-22(16-19)30-27(20-7-3-5-18(15-20)9-12-25(33)34)26-23-11-10-21(29)17-24(23)31-28(26)35/h3-8,10-11,15-17,26H,9,12-14H2,1-2H3,(H,31,35)(H,33,34). The van der Waals surface area contributed by atoms with Crippen molar-refractivity contribution in [1.29, 1.82) is 0 Å². The highest BCUT2D eigenvalue weighted by Crippen LogP contribution is 2.38. The van der Waals surface area contributed by atoms with Gasteiger partial charge < -0.3 is 15.3 Å². The lowest BCUT2D eigenvalue weighted by Gasteiger charge is -2.15. The van der Waals surface area contributed by atoms with Crippen LogP contribution in [0, 0.1) is 0 Å². The lowest BCUT2D eigenvalue weighted by atomic mass is 9.89. The Hall–Kier alpha value is -3.48. The molecule has 7 heteroatoms. The molecule has 1 amide bonds. The number of carbonyl (C=O) groups is 2. The molecule has 0 radical (unpaired) electrons. The van der Waals surface area contributed by atoms with Crippen LogP contribution >= 0.6 is 11.6 Å². The Morgan fingerprint density at radius 2 is 1.77 bits per heavy atom. The average molecular weight is 490 g/mol. The van der Waals surface area contributed by atoms with E-state index in [-0.39, 0.29) is 12.3 Å². The van der Waals surface area contributed by atoms with Crippen LogP contribution in [-0.4, -0.2) is 48.2 Å². The van der Waals surface area contributed by atoms with E-state index < -0.39 is 11.9 Å². The molecule has 6 nitrogen and oxygen atoms in total. The molecule has 0 spiro atoms. The number of aliphatic imine (C=N–C) groups is 1. The summed E-state index contributed by atoms with van der Waals surface area (Å²) in [5, 5.41) is 12.6. The molecular weight excluding hydrogens is 462 g/mol. The summed E-state index contributed by atoms with van der Waals surface area (Å²) in [5.41, 5.74) is 5.71. The van der Waals surface area contributed by atoms with Crippen molar-refractivity contribution in [3.05, 3.63) is 94.0 Å². The average Bonchev–Trinajstić information content (AvgIpc) is 3.14. The predicted molar refractivity (Wildman–Crippen MR) is 140 cm³/mol. The summed E-state index contributed by atoms with van der Waals surface area (Å²) in [7, 11) is 4.08. The fourth-order valence-corrected chi connectivity index (χ4v) is 4.38.